The van der Waals surface area contributed by atoms with Gasteiger partial charge in [0.1, 0.15) is 5.75 Å². The highest BCUT2D eigenvalue weighted by Crippen LogP contribution is 2.28. The van der Waals surface area contributed by atoms with Gasteiger partial charge in [-0.3, -0.25) is 15.1 Å². The Morgan fingerprint density at radius 2 is 1.73 bits per heavy atom. The zero-order valence-corrected chi connectivity index (χ0v) is 15.0. The van der Waals surface area contributed by atoms with Gasteiger partial charge < -0.3 is 9.64 Å². The number of rotatable bonds is 5. The van der Waals surface area contributed by atoms with Crippen LogP contribution in [-0.2, 0) is 0 Å². The number of nitrogens with zero attached hydrogens (tertiary/aromatic N) is 4. The number of hydrogen-bond acceptors (Lipinski definition) is 6. The molecular weight excluding hydrogens is 332 g/mol. The zero-order chi connectivity index (χ0) is 18.5. The number of hydrogen-bond donors (Lipinski definition) is 0. The van der Waals surface area contributed by atoms with Gasteiger partial charge in [-0.1, -0.05) is 12.1 Å². The van der Waals surface area contributed by atoms with Crippen molar-refractivity contribution in [2.24, 2.45) is 5.10 Å². The van der Waals surface area contributed by atoms with Crippen molar-refractivity contribution >= 4 is 17.1 Å². The van der Waals surface area contributed by atoms with E-state index in [1.807, 2.05) is 30.1 Å². The molecule has 0 spiro atoms. The summed E-state index contributed by atoms with van der Waals surface area (Å²) in [7, 11) is 1.69. The number of nitro benzene ring substituents is 1. The van der Waals surface area contributed by atoms with Gasteiger partial charge in [0.2, 0.25) is 0 Å². The predicted octanol–water partition coefficient (Wildman–Crippen LogP) is 3.15. The third-order valence-corrected chi connectivity index (χ3v) is 4.47. The SMILES string of the molecule is COc1ccccc1N1CCN(N=C(C)c2ccc([N+](=O)[O-])cc2)CC1. The van der Waals surface area contributed by atoms with E-state index in [0.717, 1.165) is 48.9 Å². The fourth-order valence-electron chi connectivity index (χ4n) is 3.02. The first-order valence-electron chi connectivity index (χ1n) is 8.51. The third-order valence-electron chi connectivity index (χ3n) is 4.47. The van der Waals surface area contributed by atoms with Gasteiger partial charge in [-0.15, -0.1) is 0 Å². The van der Waals surface area contributed by atoms with Crippen molar-refractivity contribution in [3.05, 3.63) is 64.2 Å². The monoisotopic (exact) mass is 354 g/mol. The first kappa shape index (κ1) is 17.7. The first-order chi connectivity index (χ1) is 12.6. The second-order valence-corrected chi connectivity index (χ2v) is 6.10. The van der Waals surface area contributed by atoms with Crippen LogP contribution < -0.4 is 9.64 Å². The largest absolute Gasteiger partial charge is 0.495 e. The molecule has 2 aromatic rings. The number of hydrazone groups is 1. The molecule has 3 rings (SSSR count). The van der Waals surface area contributed by atoms with Crippen LogP contribution in [0.5, 0.6) is 5.75 Å². The van der Waals surface area contributed by atoms with Crippen LogP contribution in [-0.4, -0.2) is 48.9 Å². The summed E-state index contributed by atoms with van der Waals surface area (Å²) >= 11 is 0. The molecule has 0 atom stereocenters. The molecular formula is C19H22N4O3. The molecule has 0 N–H and O–H groups in total. The van der Waals surface area contributed by atoms with Crippen LogP contribution >= 0.6 is 0 Å². The molecule has 7 heteroatoms. The highest BCUT2D eigenvalue weighted by Gasteiger charge is 2.19. The number of non-ortho nitro benzene ring substituents is 1. The summed E-state index contributed by atoms with van der Waals surface area (Å²) in [6.45, 7) is 5.26. The second kappa shape index (κ2) is 7.86. The van der Waals surface area contributed by atoms with Crippen molar-refractivity contribution in [2.45, 2.75) is 6.92 Å². The second-order valence-electron chi connectivity index (χ2n) is 6.10. The van der Waals surface area contributed by atoms with Crippen molar-refractivity contribution in [3.63, 3.8) is 0 Å². The summed E-state index contributed by atoms with van der Waals surface area (Å²) in [6.07, 6.45) is 0. The molecule has 1 heterocycles. The fourth-order valence-corrected chi connectivity index (χ4v) is 3.02. The van der Waals surface area contributed by atoms with Crippen molar-refractivity contribution < 1.29 is 9.66 Å². The summed E-state index contributed by atoms with van der Waals surface area (Å²) in [5.41, 5.74) is 2.94. The average molecular weight is 354 g/mol. The van der Waals surface area contributed by atoms with E-state index < -0.39 is 4.92 Å². The lowest BCUT2D eigenvalue weighted by molar-refractivity contribution is -0.384. The van der Waals surface area contributed by atoms with Gasteiger partial charge >= 0.3 is 0 Å². The van der Waals surface area contributed by atoms with Crippen LogP contribution in [0.15, 0.2) is 53.6 Å². The third kappa shape index (κ3) is 3.93. The maximum Gasteiger partial charge on any atom is 0.269 e. The number of para-hydroxylation sites is 2. The van der Waals surface area contributed by atoms with Crippen molar-refractivity contribution in [3.8, 4) is 5.75 Å². The van der Waals surface area contributed by atoms with E-state index in [-0.39, 0.29) is 5.69 Å². The van der Waals surface area contributed by atoms with E-state index >= 15 is 0 Å². The maximum atomic E-state index is 10.7. The van der Waals surface area contributed by atoms with Crippen molar-refractivity contribution in [1.82, 2.24) is 5.01 Å². The van der Waals surface area contributed by atoms with Crippen LogP contribution in [0.2, 0.25) is 0 Å². The van der Waals surface area contributed by atoms with Gasteiger partial charge in [0.25, 0.3) is 5.69 Å². The topological polar surface area (TPSA) is 71.2 Å². The standard InChI is InChI=1S/C19H22N4O3/c1-15(16-7-9-17(10-8-16)23(24)25)20-22-13-11-21(12-14-22)18-5-3-4-6-19(18)26-2/h3-10H,11-14H2,1-2H3. The lowest BCUT2D eigenvalue weighted by Gasteiger charge is -2.35. The van der Waals surface area contributed by atoms with Crippen LogP contribution in [0.25, 0.3) is 0 Å². The Kier molecular flexibility index (Phi) is 5.36. The number of anilines is 1. The summed E-state index contributed by atoms with van der Waals surface area (Å²) in [6, 6.07) is 14.5. The van der Waals surface area contributed by atoms with Crippen LogP contribution in [0.4, 0.5) is 11.4 Å². The molecule has 0 unspecified atom stereocenters. The van der Waals surface area contributed by atoms with E-state index in [0.29, 0.717) is 0 Å². The Labute approximate surface area is 152 Å². The van der Waals surface area contributed by atoms with E-state index in [2.05, 4.69) is 16.1 Å². The Balaban J connectivity index is 1.64. The Hall–Kier alpha value is -3.09. The quantitative estimate of drug-likeness (QED) is 0.469. The van der Waals surface area contributed by atoms with E-state index in [1.54, 1.807) is 19.2 Å². The molecule has 0 aliphatic carbocycles. The smallest absolute Gasteiger partial charge is 0.269 e. The van der Waals surface area contributed by atoms with Gasteiger partial charge in [0, 0.05) is 25.2 Å². The van der Waals surface area contributed by atoms with Crippen LogP contribution in [0.1, 0.15) is 12.5 Å². The summed E-state index contributed by atoms with van der Waals surface area (Å²) in [5.74, 6) is 0.881. The molecule has 0 bridgehead atoms. The molecule has 7 nitrogen and oxygen atoms in total. The highest BCUT2D eigenvalue weighted by atomic mass is 16.6. The minimum absolute atomic E-state index is 0.0898. The Morgan fingerprint density at radius 1 is 1.08 bits per heavy atom. The van der Waals surface area contributed by atoms with Gasteiger partial charge in [-0.05, 0) is 36.8 Å². The van der Waals surface area contributed by atoms with Gasteiger partial charge in [-0.2, -0.15) is 5.10 Å². The molecule has 1 saturated heterocycles. The van der Waals surface area contributed by atoms with E-state index in [4.69, 9.17) is 4.74 Å². The summed E-state index contributed by atoms with van der Waals surface area (Å²) in [5, 5.41) is 17.5. The molecule has 0 amide bonds. The zero-order valence-electron chi connectivity index (χ0n) is 15.0. The van der Waals surface area contributed by atoms with Crippen LogP contribution in [0.3, 0.4) is 0 Å². The highest BCUT2D eigenvalue weighted by molar-refractivity contribution is 5.98. The van der Waals surface area contributed by atoms with Gasteiger partial charge in [-0.25, -0.2) is 0 Å². The number of methoxy groups -OCH3 is 1. The van der Waals surface area contributed by atoms with Gasteiger partial charge in [0.15, 0.2) is 0 Å². The fraction of sp³-hybridized carbons (Fsp3) is 0.316. The summed E-state index contributed by atoms with van der Waals surface area (Å²) in [4.78, 5) is 12.6. The normalized spacial score (nSPS) is 15.1. The Morgan fingerprint density at radius 3 is 2.35 bits per heavy atom. The van der Waals surface area contributed by atoms with E-state index in [9.17, 15) is 10.1 Å². The minimum atomic E-state index is -0.396. The molecule has 136 valence electrons. The number of piperazine rings is 1. The van der Waals surface area contributed by atoms with Crippen molar-refractivity contribution in [1.29, 1.82) is 0 Å². The molecule has 0 saturated carbocycles. The van der Waals surface area contributed by atoms with Crippen LogP contribution in [0, 0.1) is 10.1 Å². The minimum Gasteiger partial charge on any atom is -0.495 e. The maximum absolute atomic E-state index is 10.7. The molecule has 0 radical (unpaired) electrons. The molecule has 2 aromatic carbocycles. The Bertz CT molecular complexity index is 797. The first-order valence-corrected chi connectivity index (χ1v) is 8.51. The molecule has 1 aliphatic rings. The molecule has 1 fully saturated rings. The van der Waals surface area contributed by atoms with Gasteiger partial charge in [0.05, 0.1) is 36.5 Å². The number of benzene rings is 2. The average Bonchev–Trinajstić information content (AvgIpc) is 2.68. The lowest BCUT2D eigenvalue weighted by atomic mass is 10.1. The number of nitro groups is 1. The number of ether oxygens (including phenoxy) is 1. The van der Waals surface area contributed by atoms with Crippen molar-refractivity contribution in [2.75, 3.05) is 38.2 Å². The molecule has 0 aromatic heterocycles. The van der Waals surface area contributed by atoms with E-state index in [1.165, 1.54) is 12.1 Å². The molecule has 1 aliphatic heterocycles. The molecule has 26 heavy (non-hydrogen) atoms. The lowest BCUT2D eigenvalue weighted by Crippen LogP contribution is -2.44. The predicted molar refractivity (Wildman–Crippen MR) is 102 cm³/mol. The summed E-state index contributed by atoms with van der Waals surface area (Å²) < 4.78 is 5.44.